The summed E-state index contributed by atoms with van der Waals surface area (Å²) in [4.78, 5) is 22.0. The quantitative estimate of drug-likeness (QED) is 0.148. The summed E-state index contributed by atoms with van der Waals surface area (Å²) in [5, 5.41) is 17.0. The third-order valence-electron chi connectivity index (χ3n) is 4.43. The minimum Gasteiger partial charge on any atom is -0.401 e. The maximum absolute atomic E-state index is 14.0. The van der Waals surface area contributed by atoms with Gasteiger partial charge in [0.05, 0.1) is 35.2 Å². The van der Waals surface area contributed by atoms with Gasteiger partial charge >= 0.3 is 5.88 Å². The molecule has 1 aromatic carbocycles. The molecule has 3 aromatic rings. The van der Waals surface area contributed by atoms with Crippen LogP contribution in [-0.2, 0) is 11.3 Å². The molecule has 0 unspecified atom stereocenters. The van der Waals surface area contributed by atoms with E-state index in [0.29, 0.717) is 0 Å². The molecule has 0 aliphatic rings. The second-order valence-electron chi connectivity index (χ2n) is 6.51. The summed E-state index contributed by atoms with van der Waals surface area (Å²) in [6.45, 7) is 2.10. The van der Waals surface area contributed by atoms with E-state index in [2.05, 4.69) is 10.4 Å². The van der Waals surface area contributed by atoms with E-state index in [1.165, 1.54) is 26.0 Å². The Morgan fingerprint density at radius 3 is 2.28 bits per heavy atom. The van der Waals surface area contributed by atoms with E-state index in [9.17, 15) is 36.9 Å². The fraction of sp³-hybridized carbons (Fsp3) is 0.158. The number of furan rings is 1. The van der Waals surface area contributed by atoms with Crippen LogP contribution in [0.3, 0.4) is 0 Å². The van der Waals surface area contributed by atoms with Crippen molar-refractivity contribution in [3.63, 3.8) is 0 Å². The summed E-state index contributed by atoms with van der Waals surface area (Å²) < 4.78 is 73.8. The van der Waals surface area contributed by atoms with E-state index in [0.717, 1.165) is 16.8 Å². The van der Waals surface area contributed by atoms with Crippen LogP contribution in [0, 0.1) is 53.0 Å². The van der Waals surface area contributed by atoms with Crippen LogP contribution in [-0.4, -0.2) is 20.6 Å². The second kappa shape index (κ2) is 8.61. The van der Waals surface area contributed by atoms with Crippen molar-refractivity contribution in [1.29, 1.82) is 0 Å². The zero-order chi connectivity index (χ0) is 23.7. The van der Waals surface area contributed by atoms with Crippen LogP contribution in [0.25, 0.3) is 6.08 Å². The number of nitro groups is 1. The molecule has 0 radical (unpaired) electrons. The van der Waals surface area contributed by atoms with Crippen molar-refractivity contribution < 1.29 is 36.1 Å². The second-order valence-corrected chi connectivity index (χ2v) is 6.51. The highest BCUT2D eigenvalue weighted by Gasteiger charge is 2.26. The maximum atomic E-state index is 14.0. The van der Waals surface area contributed by atoms with Gasteiger partial charge in [0.2, 0.25) is 11.7 Å². The molecule has 8 nitrogen and oxygen atoms in total. The van der Waals surface area contributed by atoms with Crippen LogP contribution >= 0.6 is 0 Å². The molecule has 0 saturated carbocycles. The molecule has 0 saturated heterocycles. The minimum atomic E-state index is -2.27. The third kappa shape index (κ3) is 4.22. The number of amides is 1. The van der Waals surface area contributed by atoms with Crippen molar-refractivity contribution in [1.82, 2.24) is 9.78 Å². The largest absolute Gasteiger partial charge is 0.433 e. The first-order valence-electron chi connectivity index (χ1n) is 8.78. The molecule has 0 spiro atoms. The Morgan fingerprint density at radius 2 is 1.72 bits per heavy atom. The van der Waals surface area contributed by atoms with E-state index in [4.69, 9.17) is 4.42 Å². The van der Waals surface area contributed by atoms with Crippen LogP contribution in [0.1, 0.15) is 22.7 Å². The summed E-state index contributed by atoms with van der Waals surface area (Å²) in [5.41, 5.74) is -0.540. The Labute approximate surface area is 176 Å². The zero-order valence-electron chi connectivity index (χ0n) is 16.4. The van der Waals surface area contributed by atoms with Crippen LogP contribution in [0.2, 0.25) is 0 Å². The highest BCUT2D eigenvalue weighted by atomic mass is 19.2. The highest BCUT2D eigenvalue weighted by molar-refractivity contribution is 6.02. The van der Waals surface area contributed by atoms with Gasteiger partial charge in [-0.25, -0.2) is 22.0 Å². The molecule has 168 valence electrons. The van der Waals surface area contributed by atoms with Crippen LogP contribution in [0.4, 0.5) is 33.5 Å². The van der Waals surface area contributed by atoms with Gasteiger partial charge in [0, 0.05) is 6.08 Å². The number of hydrogen-bond donors (Lipinski definition) is 1. The number of rotatable bonds is 6. The van der Waals surface area contributed by atoms with Gasteiger partial charge in [-0.15, -0.1) is 0 Å². The Morgan fingerprint density at radius 1 is 1.12 bits per heavy atom. The summed E-state index contributed by atoms with van der Waals surface area (Å²) >= 11 is 0. The lowest BCUT2D eigenvalue weighted by Crippen LogP contribution is -2.13. The van der Waals surface area contributed by atoms with E-state index < -0.39 is 57.9 Å². The molecule has 0 bridgehead atoms. The normalized spacial score (nSPS) is 11.3. The van der Waals surface area contributed by atoms with Crippen LogP contribution in [0.15, 0.2) is 22.6 Å². The van der Waals surface area contributed by atoms with Gasteiger partial charge in [-0.05, 0) is 26.0 Å². The van der Waals surface area contributed by atoms with E-state index in [1.54, 1.807) is 0 Å². The number of carbonyl (C=O) groups excluding carboxylic acids is 1. The molecule has 32 heavy (non-hydrogen) atoms. The van der Waals surface area contributed by atoms with Crippen molar-refractivity contribution >= 4 is 23.6 Å². The fourth-order valence-corrected chi connectivity index (χ4v) is 2.82. The Bertz CT molecular complexity index is 1240. The summed E-state index contributed by atoms with van der Waals surface area (Å²) in [6, 6.07) is 2.38. The Hall–Kier alpha value is -4.03. The highest BCUT2D eigenvalue weighted by Crippen LogP contribution is 2.26. The molecule has 0 aliphatic heterocycles. The van der Waals surface area contributed by atoms with Gasteiger partial charge in [0.1, 0.15) is 10.7 Å². The van der Waals surface area contributed by atoms with Crippen LogP contribution < -0.4 is 5.32 Å². The molecular formula is C19H13F5N4O4. The number of nitrogens with one attached hydrogen (secondary N) is 1. The first-order valence-corrected chi connectivity index (χ1v) is 8.78. The van der Waals surface area contributed by atoms with Crippen molar-refractivity contribution in [2.24, 2.45) is 0 Å². The lowest BCUT2D eigenvalue weighted by atomic mass is 10.1. The molecule has 2 heterocycles. The predicted octanol–water partition coefficient (Wildman–Crippen LogP) is 4.40. The van der Waals surface area contributed by atoms with Crippen molar-refractivity contribution in [3.8, 4) is 0 Å². The molecule has 2 aromatic heterocycles. The summed E-state index contributed by atoms with van der Waals surface area (Å²) in [7, 11) is 0. The van der Waals surface area contributed by atoms with Crippen molar-refractivity contribution in [3.05, 3.63) is 80.1 Å². The lowest BCUT2D eigenvalue weighted by Gasteiger charge is -2.10. The molecule has 3 rings (SSSR count). The molecule has 0 atom stereocenters. The van der Waals surface area contributed by atoms with Gasteiger partial charge in [-0.1, -0.05) is 0 Å². The number of anilines is 1. The average Bonchev–Trinajstić information content (AvgIpc) is 3.33. The van der Waals surface area contributed by atoms with E-state index >= 15 is 0 Å². The predicted molar refractivity (Wildman–Crippen MR) is 100 cm³/mol. The smallest absolute Gasteiger partial charge is 0.401 e. The maximum Gasteiger partial charge on any atom is 0.433 e. The molecule has 1 amide bonds. The number of aryl methyl sites for hydroxylation is 1. The third-order valence-corrected chi connectivity index (χ3v) is 4.43. The molecule has 0 fully saturated rings. The van der Waals surface area contributed by atoms with Gasteiger partial charge in [0.25, 0.3) is 0 Å². The number of aromatic nitrogens is 2. The standard InChI is InChI=1S/C19H13F5N4O4/c1-8-19(25-12(29)5-3-10-4-6-13(32-10)28(30)31)9(2)27(26-8)7-11-14(20)16(22)18(24)17(23)15(11)21/h3-6H,7H2,1-2H3,(H,25,29)/b5-3+. The lowest BCUT2D eigenvalue weighted by molar-refractivity contribution is -0.402. The van der Waals surface area contributed by atoms with Gasteiger partial charge in [0.15, 0.2) is 23.3 Å². The van der Waals surface area contributed by atoms with Crippen molar-refractivity contribution in [2.75, 3.05) is 5.32 Å². The number of halogens is 5. The number of hydrogen-bond acceptors (Lipinski definition) is 5. The van der Waals surface area contributed by atoms with Crippen molar-refractivity contribution in [2.45, 2.75) is 20.4 Å². The molecule has 0 aliphatic carbocycles. The SMILES string of the molecule is Cc1nn(Cc2c(F)c(F)c(F)c(F)c2F)c(C)c1NC(=O)/C=C/c1ccc([N+](=O)[O-])o1. The molecule has 1 N–H and O–H groups in total. The van der Waals surface area contributed by atoms with Gasteiger partial charge < -0.3 is 9.73 Å². The molecule has 13 heteroatoms. The topological polar surface area (TPSA) is 103 Å². The Balaban J connectivity index is 1.82. The zero-order valence-corrected chi connectivity index (χ0v) is 16.4. The monoisotopic (exact) mass is 456 g/mol. The average molecular weight is 456 g/mol. The first kappa shape index (κ1) is 22.7. The summed E-state index contributed by atoms with van der Waals surface area (Å²) in [6.07, 6.45) is 2.19. The van der Waals surface area contributed by atoms with Crippen LogP contribution in [0.5, 0.6) is 0 Å². The fourth-order valence-electron chi connectivity index (χ4n) is 2.82. The minimum absolute atomic E-state index is 0.0438. The Kier molecular flexibility index (Phi) is 6.09. The van der Waals surface area contributed by atoms with Gasteiger partial charge in [-0.3, -0.25) is 19.6 Å². The van der Waals surface area contributed by atoms with E-state index in [1.807, 2.05) is 0 Å². The first-order chi connectivity index (χ1) is 15.0. The van der Waals surface area contributed by atoms with Gasteiger partial charge in [-0.2, -0.15) is 5.10 Å². The van der Waals surface area contributed by atoms with E-state index in [-0.39, 0.29) is 22.8 Å². The number of carbonyl (C=O) groups is 1. The molecular weight excluding hydrogens is 443 g/mol. The summed E-state index contributed by atoms with van der Waals surface area (Å²) in [5.74, 6) is -11.5. The number of nitrogens with zero attached hydrogens (tertiary/aromatic N) is 3. The number of benzene rings is 1.